The van der Waals surface area contributed by atoms with E-state index in [2.05, 4.69) is 36.0 Å². The van der Waals surface area contributed by atoms with Gasteiger partial charge in [-0.15, -0.1) is 0 Å². The summed E-state index contributed by atoms with van der Waals surface area (Å²) in [5, 5.41) is 4.08. The van der Waals surface area contributed by atoms with Gasteiger partial charge in [0.15, 0.2) is 0 Å². The molecule has 1 aromatic heterocycles. The highest BCUT2D eigenvalue weighted by Crippen LogP contribution is 2.30. The Morgan fingerprint density at radius 2 is 2.11 bits per heavy atom. The first-order chi connectivity index (χ1) is 9.24. The van der Waals surface area contributed by atoms with E-state index in [4.69, 9.17) is 11.6 Å². The lowest BCUT2D eigenvalue weighted by Gasteiger charge is -2.32. The van der Waals surface area contributed by atoms with E-state index >= 15 is 0 Å². The molecule has 0 saturated carbocycles. The number of rotatable bonds is 2. The van der Waals surface area contributed by atoms with E-state index in [1.165, 1.54) is 6.42 Å². The van der Waals surface area contributed by atoms with E-state index in [-0.39, 0.29) is 0 Å². The van der Waals surface area contributed by atoms with Crippen molar-refractivity contribution in [2.45, 2.75) is 12.5 Å². The largest absolute Gasteiger partial charge is 0.354 e. The van der Waals surface area contributed by atoms with Gasteiger partial charge in [-0.2, -0.15) is 0 Å². The summed E-state index contributed by atoms with van der Waals surface area (Å²) < 4.78 is 0.987. The lowest BCUT2D eigenvalue weighted by Crippen LogP contribution is -2.49. The fourth-order valence-corrected chi connectivity index (χ4v) is 3.81. The molecule has 0 aliphatic carbocycles. The average Bonchev–Trinajstić information content (AvgIpc) is 2.89. The molecule has 2 aliphatic heterocycles. The summed E-state index contributed by atoms with van der Waals surface area (Å²) in [7, 11) is 0. The number of pyridine rings is 1. The summed E-state index contributed by atoms with van der Waals surface area (Å²) >= 11 is 9.51. The Kier molecular flexibility index (Phi) is 4.27. The van der Waals surface area contributed by atoms with Crippen LogP contribution in [-0.4, -0.2) is 55.2 Å². The molecule has 2 aliphatic rings. The number of piperazine rings is 1. The Labute approximate surface area is 127 Å². The second-order valence-electron chi connectivity index (χ2n) is 5.13. The van der Waals surface area contributed by atoms with Crippen LogP contribution in [0, 0.1) is 0 Å². The minimum atomic E-state index is 0.659. The Balaban J connectivity index is 1.67. The van der Waals surface area contributed by atoms with Gasteiger partial charge in [0.2, 0.25) is 0 Å². The number of nitrogens with one attached hydrogen (secondary N) is 1. The van der Waals surface area contributed by atoms with E-state index in [0.717, 1.165) is 49.6 Å². The van der Waals surface area contributed by atoms with Crippen molar-refractivity contribution >= 4 is 33.3 Å². The van der Waals surface area contributed by atoms with Crippen LogP contribution in [0.5, 0.6) is 0 Å². The van der Waals surface area contributed by atoms with E-state index in [9.17, 15) is 0 Å². The lowest BCUT2D eigenvalue weighted by molar-refractivity contribution is 0.185. The minimum Gasteiger partial charge on any atom is -0.354 e. The number of anilines is 1. The van der Waals surface area contributed by atoms with Crippen molar-refractivity contribution in [1.29, 1.82) is 0 Å². The highest BCUT2D eigenvalue weighted by molar-refractivity contribution is 9.10. The Hall–Kier alpha value is -0.360. The third-order valence-electron chi connectivity index (χ3n) is 3.92. The summed E-state index contributed by atoms with van der Waals surface area (Å²) in [6.07, 6.45) is 2.94. The van der Waals surface area contributed by atoms with Gasteiger partial charge in [-0.3, -0.25) is 4.90 Å². The molecule has 1 N–H and O–H groups in total. The molecule has 0 amide bonds. The van der Waals surface area contributed by atoms with E-state index in [0.29, 0.717) is 11.1 Å². The van der Waals surface area contributed by atoms with Crippen LogP contribution in [0.25, 0.3) is 0 Å². The monoisotopic (exact) mass is 344 g/mol. The maximum Gasteiger partial charge on any atom is 0.143 e. The molecule has 104 valence electrons. The fraction of sp³-hybridized carbons (Fsp3) is 0.615. The van der Waals surface area contributed by atoms with Crippen molar-refractivity contribution in [3.63, 3.8) is 0 Å². The van der Waals surface area contributed by atoms with Crippen molar-refractivity contribution in [1.82, 2.24) is 15.2 Å². The Morgan fingerprint density at radius 1 is 1.32 bits per heavy atom. The van der Waals surface area contributed by atoms with Gasteiger partial charge in [-0.25, -0.2) is 4.98 Å². The van der Waals surface area contributed by atoms with Gasteiger partial charge >= 0.3 is 0 Å². The number of hydrogen-bond acceptors (Lipinski definition) is 4. The molecule has 1 atom stereocenters. The summed E-state index contributed by atoms with van der Waals surface area (Å²) in [5.41, 5.74) is 0. The van der Waals surface area contributed by atoms with Crippen LogP contribution in [0.15, 0.2) is 16.7 Å². The minimum absolute atomic E-state index is 0.659. The summed E-state index contributed by atoms with van der Waals surface area (Å²) in [5.74, 6) is 1.02. The molecule has 0 spiro atoms. The van der Waals surface area contributed by atoms with Crippen LogP contribution in [0.2, 0.25) is 5.02 Å². The zero-order chi connectivity index (χ0) is 13.2. The van der Waals surface area contributed by atoms with E-state index in [1.54, 1.807) is 6.20 Å². The van der Waals surface area contributed by atoms with E-state index < -0.39 is 0 Å². The van der Waals surface area contributed by atoms with Crippen LogP contribution < -0.4 is 10.2 Å². The van der Waals surface area contributed by atoms with Crippen LogP contribution in [0.1, 0.15) is 6.42 Å². The molecule has 2 saturated heterocycles. The molecule has 0 radical (unpaired) electrons. The predicted octanol–water partition coefficient (Wildman–Crippen LogP) is 1.98. The van der Waals surface area contributed by atoms with Crippen molar-refractivity contribution in [3.8, 4) is 0 Å². The molecule has 1 unspecified atom stereocenters. The highest BCUT2D eigenvalue weighted by atomic mass is 79.9. The molecule has 19 heavy (non-hydrogen) atoms. The maximum absolute atomic E-state index is 5.95. The van der Waals surface area contributed by atoms with Crippen molar-refractivity contribution < 1.29 is 0 Å². The summed E-state index contributed by atoms with van der Waals surface area (Å²) in [4.78, 5) is 9.41. The molecule has 4 nitrogen and oxygen atoms in total. The summed E-state index contributed by atoms with van der Waals surface area (Å²) in [6, 6.07) is 2.58. The van der Waals surface area contributed by atoms with Gasteiger partial charge in [0.25, 0.3) is 0 Å². The van der Waals surface area contributed by atoms with Gasteiger partial charge in [0, 0.05) is 51.5 Å². The molecular weight excluding hydrogens is 328 g/mol. The third kappa shape index (κ3) is 3.05. The van der Waals surface area contributed by atoms with E-state index in [1.807, 2.05) is 6.07 Å². The number of nitrogens with zero attached hydrogens (tertiary/aromatic N) is 3. The molecule has 3 heterocycles. The second kappa shape index (κ2) is 5.95. The van der Waals surface area contributed by atoms with Gasteiger partial charge in [-0.05, 0) is 28.4 Å². The first-order valence-corrected chi connectivity index (χ1v) is 7.92. The smallest absolute Gasteiger partial charge is 0.143 e. The van der Waals surface area contributed by atoms with Crippen LogP contribution in [0.4, 0.5) is 5.82 Å². The van der Waals surface area contributed by atoms with Crippen molar-refractivity contribution in [2.24, 2.45) is 0 Å². The first-order valence-electron chi connectivity index (χ1n) is 6.75. The Morgan fingerprint density at radius 3 is 2.84 bits per heavy atom. The second-order valence-corrected chi connectivity index (χ2v) is 6.42. The van der Waals surface area contributed by atoms with Crippen LogP contribution in [-0.2, 0) is 0 Å². The number of hydrogen-bond donors (Lipinski definition) is 1. The molecule has 0 bridgehead atoms. The predicted molar refractivity (Wildman–Crippen MR) is 82.0 cm³/mol. The normalized spacial score (nSPS) is 24.9. The first kappa shape index (κ1) is 13.6. The Bertz CT molecular complexity index is 450. The highest BCUT2D eigenvalue weighted by Gasteiger charge is 2.29. The van der Waals surface area contributed by atoms with Crippen molar-refractivity contribution in [3.05, 3.63) is 21.8 Å². The van der Waals surface area contributed by atoms with Gasteiger partial charge < -0.3 is 10.2 Å². The molecule has 3 rings (SSSR count). The number of halogens is 2. The molecule has 2 fully saturated rings. The van der Waals surface area contributed by atoms with Crippen LogP contribution >= 0.6 is 27.5 Å². The van der Waals surface area contributed by atoms with Crippen molar-refractivity contribution in [2.75, 3.05) is 44.2 Å². The van der Waals surface area contributed by atoms with Gasteiger partial charge in [0.05, 0.1) is 9.50 Å². The standard InChI is InChI=1S/C13H18BrClN4/c14-12-7-10(15)8-17-13(12)19-4-1-11(9-19)18-5-2-16-3-6-18/h7-8,11,16H,1-6,9H2. The topological polar surface area (TPSA) is 31.4 Å². The fourth-order valence-electron chi connectivity index (χ4n) is 2.92. The van der Waals surface area contributed by atoms with Gasteiger partial charge in [0.1, 0.15) is 5.82 Å². The maximum atomic E-state index is 5.95. The SMILES string of the molecule is Clc1cnc(N2CCC(N3CCNCC3)C2)c(Br)c1. The molecule has 1 aromatic rings. The molecule has 0 aromatic carbocycles. The third-order valence-corrected chi connectivity index (χ3v) is 4.71. The molecular formula is C13H18BrClN4. The average molecular weight is 346 g/mol. The van der Waals surface area contributed by atoms with Crippen LogP contribution in [0.3, 0.4) is 0 Å². The van der Waals surface area contributed by atoms with Gasteiger partial charge in [-0.1, -0.05) is 11.6 Å². The zero-order valence-corrected chi connectivity index (χ0v) is 13.1. The lowest BCUT2D eigenvalue weighted by atomic mass is 10.2. The number of aromatic nitrogens is 1. The zero-order valence-electron chi connectivity index (χ0n) is 10.8. The quantitative estimate of drug-likeness (QED) is 0.888. The molecule has 6 heteroatoms. The summed E-state index contributed by atoms with van der Waals surface area (Å²) in [6.45, 7) is 6.68.